The van der Waals surface area contributed by atoms with E-state index >= 15 is 0 Å². The maximum absolute atomic E-state index is 11.3. The second-order valence-electron chi connectivity index (χ2n) is 4.87. The lowest BCUT2D eigenvalue weighted by molar-refractivity contribution is 0.414. The highest BCUT2D eigenvalue weighted by molar-refractivity contribution is 7.91. The van der Waals surface area contributed by atoms with Crippen molar-refractivity contribution in [2.24, 2.45) is 11.7 Å². The van der Waals surface area contributed by atoms with E-state index in [1.54, 1.807) is 6.20 Å². The molecule has 1 aliphatic rings. The minimum absolute atomic E-state index is 0.0441. The zero-order chi connectivity index (χ0) is 12.5. The van der Waals surface area contributed by atoms with Gasteiger partial charge in [-0.05, 0) is 19.3 Å². The van der Waals surface area contributed by atoms with Gasteiger partial charge >= 0.3 is 0 Å². The Morgan fingerprint density at radius 2 is 2.41 bits per heavy atom. The third-order valence-electron chi connectivity index (χ3n) is 2.91. The van der Waals surface area contributed by atoms with Gasteiger partial charge in [0, 0.05) is 18.9 Å². The fraction of sp³-hybridized carbons (Fsp3) is 0.727. The smallest absolute Gasteiger partial charge is 0.194 e. The van der Waals surface area contributed by atoms with E-state index in [0.717, 1.165) is 5.76 Å². The van der Waals surface area contributed by atoms with Crippen molar-refractivity contribution in [1.29, 1.82) is 0 Å². The summed E-state index contributed by atoms with van der Waals surface area (Å²) < 4.78 is 28.2. The predicted molar refractivity (Wildman–Crippen MR) is 64.3 cm³/mol. The molecule has 1 aliphatic heterocycles. The summed E-state index contributed by atoms with van der Waals surface area (Å²) in [5.41, 5.74) is 5.67. The Labute approximate surface area is 101 Å². The highest BCUT2D eigenvalue weighted by atomic mass is 32.2. The fourth-order valence-electron chi connectivity index (χ4n) is 2.13. The third-order valence-corrected chi connectivity index (χ3v) is 4.75. The minimum Gasteiger partial charge on any atom is -0.446 e. The summed E-state index contributed by atoms with van der Waals surface area (Å²) in [7, 11) is -2.82. The largest absolute Gasteiger partial charge is 0.446 e. The van der Waals surface area contributed by atoms with E-state index in [4.69, 9.17) is 10.2 Å². The van der Waals surface area contributed by atoms with Gasteiger partial charge in [-0.2, -0.15) is 0 Å². The molecule has 0 aromatic carbocycles. The minimum atomic E-state index is -2.82. The summed E-state index contributed by atoms with van der Waals surface area (Å²) in [6.07, 6.45) is 3.67. The topological polar surface area (TPSA) is 86.2 Å². The monoisotopic (exact) mass is 258 g/mol. The van der Waals surface area contributed by atoms with Gasteiger partial charge in [0.1, 0.15) is 5.76 Å². The molecule has 1 saturated heterocycles. The number of nitrogens with two attached hydrogens (primary N) is 1. The maximum Gasteiger partial charge on any atom is 0.194 e. The first kappa shape index (κ1) is 12.6. The molecule has 2 rings (SSSR count). The third kappa shape index (κ3) is 3.54. The molecule has 17 heavy (non-hydrogen) atoms. The van der Waals surface area contributed by atoms with Crippen LogP contribution in [0, 0.1) is 5.92 Å². The standard InChI is InChI=1S/C11H18N2O3S/c1-8(12)4-10-6-13-11(16-10)5-9-2-3-17(14,15)7-9/h6,8-9H,2-5,7,12H2,1H3. The van der Waals surface area contributed by atoms with Crippen molar-refractivity contribution in [3.63, 3.8) is 0 Å². The van der Waals surface area contributed by atoms with E-state index in [0.29, 0.717) is 30.9 Å². The van der Waals surface area contributed by atoms with Crippen molar-refractivity contribution >= 4 is 9.84 Å². The van der Waals surface area contributed by atoms with Crippen LogP contribution in [0.4, 0.5) is 0 Å². The Balaban J connectivity index is 1.93. The van der Waals surface area contributed by atoms with Crippen molar-refractivity contribution in [3.05, 3.63) is 17.8 Å². The number of hydrogen-bond donors (Lipinski definition) is 1. The summed E-state index contributed by atoms with van der Waals surface area (Å²) in [6.45, 7) is 1.91. The van der Waals surface area contributed by atoms with Crippen LogP contribution in [0.5, 0.6) is 0 Å². The zero-order valence-corrected chi connectivity index (χ0v) is 10.7. The highest BCUT2D eigenvalue weighted by Gasteiger charge is 2.29. The molecule has 5 nitrogen and oxygen atoms in total. The van der Waals surface area contributed by atoms with Crippen LogP contribution in [0.1, 0.15) is 25.0 Å². The molecule has 0 radical (unpaired) electrons. The molecule has 0 saturated carbocycles. The van der Waals surface area contributed by atoms with Crippen LogP contribution in [0.3, 0.4) is 0 Å². The average molecular weight is 258 g/mol. The molecule has 0 bridgehead atoms. The molecule has 2 unspecified atom stereocenters. The summed E-state index contributed by atoms with van der Waals surface area (Å²) in [5.74, 6) is 2.11. The van der Waals surface area contributed by atoms with E-state index in [1.165, 1.54) is 0 Å². The number of sulfone groups is 1. The molecule has 0 spiro atoms. The van der Waals surface area contributed by atoms with E-state index in [-0.39, 0.29) is 17.7 Å². The van der Waals surface area contributed by atoms with Crippen LogP contribution in [-0.4, -0.2) is 30.9 Å². The second kappa shape index (κ2) is 4.78. The average Bonchev–Trinajstić information content (AvgIpc) is 2.73. The number of nitrogens with zero attached hydrogens (tertiary/aromatic N) is 1. The number of aromatic nitrogens is 1. The molecule has 0 amide bonds. The molecule has 96 valence electrons. The van der Waals surface area contributed by atoms with Crippen LogP contribution >= 0.6 is 0 Å². The quantitative estimate of drug-likeness (QED) is 0.852. The predicted octanol–water partition coefficient (Wildman–Crippen LogP) is 0.542. The van der Waals surface area contributed by atoms with E-state index in [1.807, 2.05) is 6.92 Å². The molecule has 0 aliphatic carbocycles. The van der Waals surface area contributed by atoms with Gasteiger partial charge in [-0.25, -0.2) is 13.4 Å². The first-order chi connectivity index (χ1) is 7.94. The first-order valence-corrected chi connectivity index (χ1v) is 7.66. The van der Waals surface area contributed by atoms with Gasteiger partial charge in [-0.15, -0.1) is 0 Å². The van der Waals surface area contributed by atoms with Crippen molar-refractivity contribution in [1.82, 2.24) is 4.98 Å². The summed E-state index contributed by atoms with van der Waals surface area (Å²) in [6, 6.07) is 0.0441. The summed E-state index contributed by atoms with van der Waals surface area (Å²) in [4.78, 5) is 4.16. The molecule has 1 fully saturated rings. The highest BCUT2D eigenvalue weighted by Crippen LogP contribution is 2.22. The van der Waals surface area contributed by atoms with Crippen LogP contribution in [-0.2, 0) is 22.7 Å². The van der Waals surface area contributed by atoms with Crippen LogP contribution < -0.4 is 5.73 Å². The van der Waals surface area contributed by atoms with Crippen LogP contribution in [0.2, 0.25) is 0 Å². The van der Waals surface area contributed by atoms with Crippen molar-refractivity contribution < 1.29 is 12.8 Å². The molecule has 2 heterocycles. The molecular formula is C11H18N2O3S. The molecule has 1 aromatic heterocycles. The lowest BCUT2D eigenvalue weighted by atomic mass is 10.1. The van der Waals surface area contributed by atoms with Crippen LogP contribution in [0.25, 0.3) is 0 Å². The second-order valence-corrected chi connectivity index (χ2v) is 7.10. The van der Waals surface area contributed by atoms with Crippen molar-refractivity contribution in [3.8, 4) is 0 Å². The van der Waals surface area contributed by atoms with Gasteiger partial charge in [0.05, 0.1) is 17.7 Å². The van der Waals surface area contributed by atoms with Gasteiger partial charge in [0.25, 0.3) is 0 Å². The Bertz CT molecular complexity index is 479. The normalized spacial score (nSPS) is 24.9. The van der Waals surface area contributed by atoms with Crippen LogP contribution in [0.15, 0.2) is 10.6 Å². The number of rotatable bonds is 4. The lowest BCUT2D eigenvalue weighted by Crippen LogP contribution is -2.17. The molecular weight excluding hydrogens is 240 g/mol. The van der Waals surface area contributed by atoms with Gasteiger partial charge in [-0.1, -0.05) is 0 Å². The summed E-state index contributed by atoms with van der Waals surface area (Å²) >= 11 is 0. The SMILES string of the molecule is CC(N)Cc1cnc(CC2CCS(=O)(=O)C2)o1. The van der Waals surface area contributed by atoms with Gasteiger partial charge in [0.2, 0.25) is 0 Å². The number of hydrogen-bond acceptors (Lipinski definition) is 5. The van der Waals surface area contributed by atoms with Gasteiger partial charge < -0.3 is 10.2 Å². The van der Waals surface area contributed by atoms with Crippen molar-refractivity contribution in [2.75, 3.05) is 11.5 Å². The molecule has 1 aromatic rings. The summed E-state index contributed by atoms with van der Waals surface area (Å²) in [5, 5.41) is 0. The van der Waals surface area contributed by atoms with Gasteiger partial charge in [-0.3, -0.25) is 0 Å². The molecule has 2 atom stereocenters. The van der Waals surface area contributed by atoms with E-state index in [2.05, 4.69) is 4.98 Å². The molecule has 6 heteroatoms. The Morgan fingerprint density at radius 1 is 1.65 bits per heavy atom. The van der Waals surface area contributed by atoms with Gasteiger partial charge in [0.15, 0.2) is 15.7 Å². The van der Waals surface area contributed by atoms with E-state index in [9.17, 15) is 8.42 Å². The maximum atomic E-state index is 11.3. The Morgan fingerprint density at radius 3 is 3.00 bits per heavy atom. The molecule has 2 N–H and O–H groups in total. The fourth-order valence-corrected chi connectivity index (χ4v) is 4.00. The van der Waals surface area contributed by atoms with Crippen molar-refractivity contribution in [2.45, 2.75) is 32.2 Å². The van der Waals surface area contributed by atoms with E-state index < -0.39 is 9.84 Å². The Kier molecular flexibility index (Phi) is 3.53. The zero-order valence-electron chi connectivity index (χ0n) is 9.93. The number of oxazole rings is 1. The first-order valence-electron chi connectivity index (χ1n) is 5.84. The lowest BCUT2D eigenvalue weighted by Gasteiger charge is -2.03. The Hall–Kier alpha value is -0.880.